The Morgan fingerprint density at radius 1 is 1.47 bits per heavy atom. The van der Waals surface area contributed by atoms with Crippen LogP contribution in [0.2, 0.25) is 0 Å². The molecule has 1 aliphatic rings. The van der Waals surface area contributed by atoms with Crippen molar-refractivity contribution >= 4 is 24.0 Å². The molecule has 1 heterocycles. The smallest absolute Gasteiger partial charge is 0.253 e. The van der Waals surface area contributed by atoms with Gasteiger partial charge < -0.3 is 10.6 Å². The number of piperidine rings is 1. The Labute approximate surface area is 121 Å². The highest BCUT2D eigenvalue weighted by Crippen LogP contribution is 2.33. The molecule has 2 N–H and O–H groups in total. The first kappa shape index (κ1) is 15.8. The fraction of sp³-hybridized carbons (Fsp3) is 0.533. The van der Waals surface area contributed by atoms with Crippen LogP contribution in [0.1, 0.15) is 43.5 Å². The van der Waals surface area contributed by atoms with Crippen molar-refractivity contribution in [3.63, 3.8) is 0 Å². The predicted molar refractivity (Wildman–Crippen MR) is 81.6 cm³/mol. The zero-order chi connectivity index (χ0) is 13.2. The van der Waals surface area contributed by atoms with E-state index < -0.39 is 0 Å². The third-order valence-corrected chi connectivity index (χ3v) is 4.06. The van der Waals surface area contributed by atoms with Gasteiger partial charge in [-0.05, 0) is 42.9 Å². The summed E-state index contributed by atoms with van der Waals surface area (Å²) in [5.41, 5.74) is 7.36. The topological polar surface area (TPSA) is 46.3 Å². The van der Waals surface area contributed by atoms with Crippen LogP contribution in [0.5, 0.6) is 0 Å². The summed E-state index contributed by atoms with van der Waals surface area (Å²) >= 11 is 0. The lowest BCUT2D eigenvalue weighted by molar-refractivity contribution is 0.0543. The molecule has 1 atom stereocenters. The van der Waals surface area contributed by atoms with E-state index in [1.165, 1.54) is 6.42 Å². The Morgan fingerprint density at radius 2 is 2.21 bits per heavy atom. The Balaban J connectivity index is 0.00000180. The largest absolute Gasteiger partial charge is 0.399 e. The summed E-state index contributed by atoms with van der Waals surface area (Å²) in [6.45, 7) is 6.20. The number of benzene rings is 1. The van der Waals surface area contributed by atoms with Crippen LogP contribution >= 0.6 is 12.4 Å². The van der Waals surface area contributed by atoms with Crippen molar-refractivity contribution in [2.24, 2.45) is 5.41 Å². The summed E-state index contributed by atoms with van der Waals surface area (Å²) in [5, 5.41) is 0. The summed E-state index contributed by atoms with van der Waals surface area (Å²) in [7, 11) is 0. The lowest BCUT2D eigenvalue weighted by Crippen LogP contribution is -2.44. The molecule has 0 radical (unpaired) electrons. The van der Waals surface area contributed by atoms with Crippen molar-refractivity contribution in [3.05, 3.63) is 29.8 Å². The van der Waals surface area contributed by atoms with E-state index in [0.29, 0.717) is 11.3 Å². The number of hydrogen-bond acceptors (Lipinski definition) is 2. The zero-order valence-electron chi connectivity index (χ0n) is 11.7. The number of halogens is 1. The van der Waals surface area contributed by atoms with Gasteiger partial charge in [0.15, 0.2) is 0 Å². The van der Waals surface area contributed by atoms with Gasteiger partial charge in [-0.25, -0.2) is 0 Å². The van der Waals surface area contributed by atoms with Crippen molar-refractivity contribution in [1.29, 1.82) is 0 Å². The van der Waals surface area contributed by atoms with Crippen molar-refractivity contribution < 1.29 is 4.79 Å². The molecule has 1 aromatic carbocycles. The molecular weight excluding hydrogens is 260 g/mol. The van der Waals surface area contributed by atoms with Gasteiger partial charge in [0.25, 0.3) is 5.91 Å². The monoisotopic (exact) mass is 282 g/mol. The van der Waals surface area contributed by atoms with Crippen molar-refractivity contribution in [2.45, 2.75) is 33.1 Å². The lowest BCUT2D eigenvalue weighted by atomic mass is 9.79. The van der Waals surface area contributed by atoms with Gasteiger partial charge in [0.05, 0.1) is 0 Å². The minimum Gasteiger partial charge on any atom is -0.399 e. The van der Waals surface area contributed by atoms with Crippen LogP contribution in [0.25, 0.3) is 0 Å². The quantitative estimate of drug-likeness (QED) is 0.846. The molecule has 0 spiro atoms. The van der Waals surface area contributed by atoms with Crippen molar-refractivity contribution in [2.75, 3.05) is 18.8 Å². The molecule has 0 aliphatic carbocycles. The molecule has 0 bridgehead atoms. The summed E-state index contributed by atoms with van der Waals surface area (Å²) in [6.07, 6.45) is 3.43. The molecule has 0 saturated carbocycles. The van der Waals surface area contributed by atoms with Crippen LogP contribution in [0, 0.1) is 5.41 Å². The minimum absolute atomic E-state index is 0. The maximum absolute atomic E-state index is 12.4. The highest BCUT2D eigenvalue weighted by molar-refractivity contribution is 5.95. The summed E-state index contributed by atoms with van der Waals surface area (Å²) < 4.78 is 0. The van der Waals surface area contributed by atoms with E-state index in [2.05, 4.69) is 13.8 Å². The molecule has 1 fully saturated rings. The first-order valence-corrected chi connectivity index (χ1v) is 6.69. The Bertz CT molecular complexity index is 450. The van der Waals surface area contributed by atoms with E-state index >= 15 is 0 Å². The van der Waals surface area contributed by atoms with E-state index in [9.17, 15) is 4.79 Å². The maximum Gasteiger partial charge on any atom is 0.253 e. The number of hydrogen-bond donors (Lipinski definition) is 1. The highest BCUT2D eigenvalue weighted by atomic mass is 35.5. The molecule has 2 rings (SSSR count). The van der Waals surface area contributed by atoms with Gasteiger partial charge in [0, 0.05) is 24.3 Å². The summed E-state index contributed by atoms with van der Waals surface area (Å²) in [6, 6.07) is 7.26. The first-order chi connectivity index (χ1) is 8.54. The fourth-order valence-corrected chi connectivity index (χ4v) is 2.63. The molecular formula is C15H23ClN2O. The van der Waals surface area contributed by atoms with Crippen molar-refractivity contribution in [3.8, 4) is 0 Å². The maximum atomic E-state index is 12.4. The molecule has 1 aliphatic heterocycles. The zero-order valence-corrected chi connectivity index (χ0v) is 12.5. The predicted octanol–water partition coefficient (Wildman–Crippen LogP) is 3.34. The van der Waals surface area contributed by atoms with Gasteiger partial charge in [-0.2, -0.15) is 0 Å². The number of likely N-dealkylation sites (tertiary alicyclic amines) is 1. The van der Waals surface area contributed by atoms with Gasteiger partial charge in [0.1, 0.15) is 0 Å². The number of carbonyl (C=O) groups excluding carboxylic acids is 1. The molecule has 1 saturated heterocycles. The fourth-order valence-electron chi connectivity index (χ4n) is 2.63. The number of carbonyl (C=O) groups is 1. The van der Waals surface area contributed by atoms with E-state index in [1.54, 1.807) is 6.07 Å². The second-order valence-electron chi connectivity index (χ2n) is 5.62. The first-order valence-electron chi connectivity index (χ1n) is 6.69. The standard InChI is InChI=1S/C15H22N2O.ClH/c1-3-15(2)8-5-9-17(11-15)14(18)12-6-4-7-13(16)10-12;/h4,6-7,10H,3,5,8-9,11,16H2,1-2H3;1H. The van der Waals surface area contributed by atoms with Gasteiger partial charge in [0.2, 0.25) is 0 Å². The van der Waals surface area contributed by atoms with E-state index in [4.69, 9.17) is 5.73 Å². The van der Waals surface area contributed by atoms with Gasteiger partial charge in [-0.15, -0.1) is 12.4 Å². The van der Waals surface area contributed by atoms with Gasteiger partial charge >= 0.3 is 0 Å². The second-order valence-corrected chi connectivity index (χ2v) is 5.62. The molecule has 106 valence electrons. The number of rotatable bonds is 2. The summed E-state index contributed by atoms with van der Waals surface area (Å²) in [4.78, 5) is 14.4. The van der Waals surface area contributed by atoms with Crippen LogP contribution < -0.4 is 5.73 Å². The average molecular weight is 283 g/mol. The minimum atomic E-state index is 0. The van der Waals surface area contributed by atoms with E-state index in [0.717, 1.165) is 25.9 Å². The Hall–Kier alpha value is -1.22. The molecule has 0 aromatic heterocycles. The normalized spacial score (nSPS) is 22.7. The molecule has 1 unspecified atom stereocenters. The lowest BCUT2D eigenvalue weighted by Gasteiger charge is -2.40. The second kappa shape index (κ2) is 6.29. The van der Waals surface area contributed by atoms with E-state index in [-0.39, 0.29) is 23.7 Å². The average Bonchev–Trinajstić information content (AvgIpc) is 2.38. The SMILES string of the molecule is CCC1(C)CCCN(C(=O)c2cccc(N)c2)C1.Cl. The third kappa shape index (κ3) is 3.63. The van der Waals surface area contributed by atoms with Crippen LogP contribution in [0.4, 0.5) is 5.69 Å². The van der Waals surface area contributed by atoms with Crippen LogP contribution in [-0.2, 0) is 0 Å². The number of nitrogen functional groups attached to an aromatic ring is 1. The Morgan fingerprint density at radius 3 is 2.84 bits per heavy atom. The van der Waals surface area contributed by atoms with Crippen LogP contribution in [0.15, 0.2) is 24.3 Å². The van der Waals surface area contributed by atoms with Crippen LogP contribution in [-0.4, -0.2) is 23.9 Å². The molecule has 1 aromatic rings. The number of nitrogens with two attached hydrogens (primary N) is 1. The molecule has 19 heavy (non-hydrogen) atoms. The number of nitrogens with zero attached hydrogens (tertiary/aromatic N) is 1. The summed E-state index contributed by atoms with van der Waals surface area (Å²) in [5.74, 6) is 0.113. The number of amides is 1. The van der Waals surface area contributed by atoms with Gasteiger partial charge in [-0.3, -0.25) is 4.79 Å². The highest BCUT2D eigenvalue weighted by Gasteiger charge is 2.31. The molecule has 1 amide bonds. The molecule has 3 nitrogen and oxygen atoms in total. The molecule has 4 heteroatoms. The van der Waals surface area contributed by atoms with Gasteiger partial charge in [-0.1, -0.05) is 19.9 Å². The van der Waals surface area contributed by atoms with E-state index in [1.807, 2.05) is 23.1 Å². The van der Waals surface area contributed by atoms with Crippen molar-refractivity contribution in [1.82, 2.24) is 4.90 Å². The van der Waals surface area contributed by atoms with Crippen LogP contribution in [0.3, 0.4) is 0 Å². The Kier molecular flexibility index (Phi) is 5.24. The third-order valence-electron chi connectivity index (χ3n) is 4.06. The number of anilines is 1.